The molecular weight excluding hydrogens is 502 g/mol. The summed E-state index contributed by atoms with van der Waals surface area (Å²) in [6, 6.07) is 5.66. The summed E-state index contributed by atoms with van der Waals surface area (Å²) in [4.78, 5) is 30.6. The zero-order valence-corrected chi connectivity index (χ0v) is 21.9. The average Bonchev–Trinajstić information content (AvgIpc) is 3.57. The van der Waals surface area contributed by atoms with Crippen molar-refractivity contribution >= 4 is 40.0 Å². The lowest BCUT2D eigenvalue weighted by Crippen LogP contribution is -2.36. The lowest BCUT2D eigenvalue weighted by Gasteiger charge is -2.31. The fraction of sp³-hybridized carbons (Fsp3) is 0.357. The van der Waals surface area contributed by atoms with Crippen molar-refractivity contribution < 1.29 is 9.53 Å². The van der Waals surface area contributed by atoms with E-state index in [1.165, 1.54) is 18.9 Å². The quantitative estimate of drug-likeness (QED) is 0.311. The van der Waals surface area contributed by atoms with E-state index in [1.54, 1.807) is 6.33 Å². The van der Waals surface area contributed by atoms with Crippen molar-refractivity contribution in [1.82, 2.24) is 29.4 Å². The Hall–Kier alpha value is -3.85. The molecule has 2 aliphatic heterocycles. The zero-order chi connectivity index (χ0) is 26.1. The normalized spacial score (nSPS) is 15.9. The van der Waals surface area contributed by atoms with Gasteiger partial charge in [0.15, 0.2) is 0 Å². The van der Waals surface area contributed by atoms with Gasteiger partial charge in [0, 0.05) is 37.9 Å². The summed E-state index contributed by atoms with van der Waals surface area (Å²) in [5.41, 5.74) is 3.81. The third-order valence-corrected chi connectivity index (χ3v) is 7.84. The van der Waals surface area contributed by atoms with Gasteiger partial charge in [-0.25, -0.2) is 15.0 Å². The van der Waals surface area contributed by atoms with Crippen molar-refractivity contribution in [3.05, 3.63) is 71.7 Å². The number of aromatic amines is 1. The molecule has 5 heterocycles. The van der Waals surface area contributed by atoms with E-state index >= 15 is 0 Å². The van der Waals surface area contributed by atoms with E-state index in [9.17, 15) is 4.79 Å². The van der Waals surface area contributed by atoms with Crippen LogP contribution in [0.4, 0.5) is 11.5 Å². The van der Waals surface area contributed by atoms with Crippen LogP contribution in [0.2, 0.25) is 5.02 Å². The van der Waals surface area contributed by atoms with E-state index in [-0.39, 0.29) is 5.91 Å². The molecule has 1 aromatic carbocycles. The molecule has 0 spiro atoms. The highest BCUT2D eigenvalue weighted by molar-refractivity contribution is 6.32. The number of ether oxygens (including phenoxy) is 1. The summed E-state index contributed by atoms with van der Waals surface area (Å²) < 4.78 is 8.31. The highest BCUT2D eigenvalue weighted by Crippen LogP contribution is 2.37. The van der Waals surface area contributed by atoms with Gasteiger partial charge in [0.1, 0.15) is 36.0 Å². The number of H-pyrrole nitrogens is 1. The number of aromatic nitrogens is 5. The molecule has 0 aliphatic carbocycles. The van der Waals surface area contributed by atoms with Crippen LogP contribution in [0.1, 0.15) is 48.7 Å². The Morgan fingerprint density at radius 1 is 1.21 bits per heavy atom. The van der Waals surface area contributed by atoms with Crippen LogP contribution in [0, 0.1) is 0 Å². The number of amides is 1. The molecule has 38 heavy (non-hydrogen) atoms. The van der Waals surface area contributed by atoms with Gasteiger partial charge in [-0.15, -0.1) is 0 Å². The molecule has 1 fully saturated rings. The van der Waals surface area contributed by atoms with E-state index in [0.717, 1.165) is 59.6 Å². The maximum Gasteiger partial charge on any atom is 0.245 e. The largest absolute Gasteiger partial charge is 0.486 e. The third kappa shape index (κ3) is 4.74. The molecule has 6 rings (SSSR count). The number of rotatable bonds is 7. The maximum atomic E-state index is 12.0. The van der Waals surface area contributed by atoms with Gasteiger partial charge in [-0.3, -0.25) is 4.79 Å². The second-order valence-corrected chi connectivity index (χ2v) is 10.2. The fourth-order valence-corrected chi connectivity index (χ4v) is 5.76. The van der Waals surface area contributed by atoms with Crippen LogP contribution in [-0.4, -0.2) is 48.4 Å². The van der Waals surface area contributed by atoms with Crippen LogP contribution in [0.5, 0.6) is 5.75 Å². The van der Waals surface area contributed by atoms with Gasteiger partial charge in [-0.1, -0.05) is 18.2 Å². The smallest absolute Gasteiger partial charge is 0.245 e. The molecule has 9 nitrogen and oxygen atoms in total. The third-order valence-electron chi connectivity index (χ3n) is 7.54. The molecule has 1 amide bonds. The molecular formula is C28H30ClN7O2. The number of piperidine rings is 1. The number of likely N-dealkylation sites (tertiary alicyclic amines) is 1. The summed E-state index contributed by atoms with van der Waals surface area (Å²) in [7, 11) is 0. The number of hydrogen-bond donors (Lipinski definition) is 2. The number of aryl methyl sites for hydroxylation is 1. The standard InChI is InChI=1S/C28H30ClN7O2/c1-2-25(37)35-11-8-18(9-12-35)21-15-31-27-26(21)28(33-17-32-27)34-19-6-7-23(22(29)13-19)38-16-20-14-30-24-5-3-4-10-36(20)24/h2,6-7,13-15,17-18H,1,3-5,8-12,16H2,(H2,31,32,33,34). The van der Waals surface area contributed by atoms with Crippen LogP contribution in [0.15, 0.2) is 49.6 Å². The number of nitrogens with one attached hydrogen (secondary N) is 2. The van der Waals surface area contributed by atoms with Crippen LogP contribution >= 0.6 is 11.6 Å². The van der Waals surface area contributed by atoms with Crippen LogP contribution in [-0.2, 0) is 24.4 Å². The number of anilines is 2. The number of fused-ring (bicyclic) bond motifs is 2. The molecule has 0 radical (unpaired) electrons. The van der Waals surface area contributed by atoms with E-state index in [2.05, 4.69) is 36.4 Å². The van der Waals surface area contributed by atoms with E-state index in [4.69, 9.17) is 16.3 Å². The van der Waals surface area contributed by atoms with Crippen molar-refractivity contribution in [2.75, 3.05) is 18.4 Å². The topological polar surface area (TPSA) is 101 Å². The van der Waals surface area contributed by atoms with Gasteiger partial charge in [0.2, 0.25) is 5.91 Å². The Bertz CT molecular complexity index is 1490. The first-order chi connectivity index (χ1) is 18.6. The Balaban J connectivity index is 1.17. The molecule has 2 aliphatic rings. The monoisotopic (exact) mass is 531 g/mol. The zero-order valence-electron chi connectivity index (χ0n) is 21.1. The van der Waals surface area contributed by atoms with Gasteiger partial charge < -0.3 is 24.5 Å². The number of carbonyl (C=O) groups is 1. The molecule has 0 saturated carbocycles. The number of carbonyl (C=O) groups excluding carboxylic acids is 1. The van der Waals surface area contributed by atoms with E-state index in [1.807, 2.05) is 35.5 Å². The predicted molar refractivity (Wildman–Crippen MR) is 147 cm³/mol. The SMILES string of the molecule is C=CC(=O)N1CCC(c2c[nH]c3ncnc(Nc4ccc(OCc5cnc6n5CCCC6)c(Cl)c4)c23)CC1. The summed E-state index contributed by atoms with van der Waals surface area (Å²) in [6.45, 7) is 6.43. The average molecular weight is 532 g/mol. The van der Waals surface area contributed by atoms with Gasteiger partial charge in [-0.2, -0.15) is 0 Å². The van der Waals surface area contributed by atoms with Crippen molar-refractivity contribution in [3.63, 3.8) is 0 Å². The molecule has 4 aromatic rings. The van der Waals surface area contributed by atoms with E-state index in [0.29, 0.717) is 42.2 Å². The Morgan fingerprint density at radius 3 is 2.89 bits per heavy atom. The van der Waals surface area contributed by atoms with Crippen molar-refractivity contribution in [1.29, 1.82) is 0 Å². The van der Waals surface area contributed by atoms with Gasteiger partial charge in [-0.05, 0) is 61.4 Å². The van der Waals surface area contributed by atoms with Crippen LogP contribution in [0.3, 0.4) is 0 Å². The lowest BCUT2D eigenvalue weighted by atomic mass is 9.89. The number of benzene rings is 1. The first-order valence-corrected chi connectivity index (χ1v) is 13.4. The lowest BCUT2D eigenvalue weighted by molar-refractivity contribution is -0.127. The van der Waals surface area contributed by atoms with Crippen LogP contribution in [0.25, 0.3) is 11.0 Å². The van der Waals surface area contributed by atoms with Crippen molar-refractivity contribution in [3.8, 4) is 5.75 Å². The molecule has 3 aromatic heterocycles. The Kier molecular flexibility index (Phi) is 6.76. The van der Waals surface area contributed by atoms with Crippen molar-refractivity contribution in [2.45, 2.75) is 51.2 Å². The summed E-state index contributed by atoms with van der Waals surface area (Å²) >= 11 is 6.61. The highest BCUT2D eigenvalue weighted by Gasteiger charge is 2.26. The molecule has 0 bridgehead atoms. The Morgan fingerprint density at radius 2 is 2.08 bits per heavy atom. The number of imidazole rings is 1. The molecule has 196 valence electrons. The predicted octanol–water partition coefficient (Wildman–Crippen LogP) is 5.36. The maximum absolute atomic E-state index is 12.0. The first-order valence-electron chi connectivity index (χ1n) is 13.1. The number of halogens is 1. The summed E-state index contributed by atoms with van der Waals surface area (Å²) in [5, 5.41) is 4.91. The molecule has 1 saturated heterocycles. The number of nitrogens with zero attached hydrogens (tertiary/aromatic N) is 5. The number of hydrogen-bond acceptors (Lipinski definition) is 6. The van der Waals surface area contributed by atoms with Crippen LogP contribution < -0.4 is 10.1 Å². The van der Waals surface area contributed by atoms with Gasteiger partial charge in [0.25, 0.3) is 0 Å². The minimum atomic E-state index is -0.0121. The highest BCUT2D eigenvalue weighted by atomic mass is 35.5. The summed E-state index contributed by atoms with van der Waals surface area (Å²) in [6.07, 6.45) is 12.0. The van der Waals surface area contributed by atoms with Gasteiger partial charge in [0.05, 0.1) is 22.3 Å². The minimum Gasteiger partial charge on any atom is -0.486 e. The molecule has 0 atom stereocenters. The molecule has 2 N–H and O–H groups in total. The fourth-order valence-electron chi connectivity index (χ4n) is 5.52. The summed E-state index contributed by atoms with van der Waals surface area (Å²) in [5.74, 6) is 2.77. The molecule has 10 heteroatoms. The second kappa shape index (κ2) is 10.5. The minimum absolute atomic E-state index is 0.0121. The van der Waals surface area contributed by atoms with Gasteiger partial charge >= 0.3 is 0 Å². The molecule has 0 unspecified atom stereocenters. The second-order valence-electron chi connectivity index (χ2n) is 9.83. The first kappa shape index (κ1) is 24.5. The Labute approximate surface area is 225 Å². The van der Waals surface area contributed by atoms with E-state index < -0.39 is 0 Å². The van der Waals surface area contributed by atoms with Crippen molar-refractivity contribution in [2.24, 2.45) is 0 Å².